The summed E-state index contributed by atoms with van der Waals surface area (Å²) in [6.07, 6.45) is 0. The smallest absolute Gasteiger partial charge is 0.0541 e. The largest absolute Gasteiger partial charge is 0.309 e. The van der Waals surface area contributed by atoms with E-state index in [0.717, 1.165) is 0 Å². The van der Waals surface area contributed by atoms with Crippen molar-refractivity contribution >= 4 is 21.8 Å². The van der Waals surface area contributed by atoms with Crippen LogP contribution in [0.3, 0.4) is 0 Å². The van der Waals surface area contributed by atoms with Crippen LogP contribution in [0.1, 0.15) is 47.6 Å². The van der Waals surface area contributed by atoms with Crippen LogP contribution in [0.2, 0.25) is 0 Å². The maximum Gasteiger partial charge on any atom is 0.0541 e. The molecule has 1 unspecified atom stereocenters. The Kier molecular flexibility index (Phi) is 5.46. The first-order chi connectivity index (χ1) is 23.1. The number of rotatable bonds is 3. The molecule has 1 aromatic heterocycles. The van der Waals surface area contributed by atoms with E-state index >= 15 is 0 Å². The fraction of sp³-hybridized carbons (Fsp3) is 0.0870. The summed E-state index contributed by atoms with van der Waals surface area (Å²) < 4.78 is 2.45. The van der Waals surface area contributed by atoms with E-state index in [1.54, 1.807) is 0 Å². The van der Waals surface area contributed by atoms with Gasteiger partial charge in [0.05, 0.1) is 11.0 Å². The molecule has 1 atom stereocenters. The van der Waals surface area contributed by atoms with Gasteiger partial charge in [0, 0.05) is 27.8 Å². The molecule has 0 saturated carbocycles. The Labute approximate surface area is 275 Å². The molecule has 1 nitrogen and oxygen atoms in total. The van der Waals surface area contributed by atoms with Gasteiger partial charge in [0.25, 0.3) is 0 Å². The summed E-state index contributed by atoms with van der Waals surface area (Å²) in [5, 5.41) is 2.56. The average Bonchev–Trinajstić information content (AvgIpc) is 3.71. The van der Waals surface area contributed by atoms with Crippen molar-refractivity contribution in [1.82, 2.24) is 4.57 Å². The van der Waals surface area contributed by atoms with Crippen LogP contribution in [0.5, 0.6) is 0 Å². The lowest BCUT2D eigenvalue weighted by molar-refractivity contribution is 0.660. The van der Waals surface area contributed by atoms with Gasteiger partial charge in [0.2, 0.25) is 0 Å². The summed E-state index contributed by atoms with van der Waals surface area (Å²) in [4.78, 5) is 0. The number of benzene rings is 7. The fourth-order valence-electron chi connectivity index (χ4n) is 8.66. The Hall–Kier alpha value is -5.66. The van der Waals surface area contributed by atoms with Crippen molar-refractivity contribution in [2.45, 2.75) is 25.2 Å². The highest BCUT2D eigenvalue weighted by Crippen LogP contribution is 2.51. The van der Waals surface area contributed by atoms with Gasteiger partial charge in [-0.05, 0) is 97.6 Å². The van der Waals surface area contributed by atoms with Crippen molar-refractivity contribution in [3.05, 3.63) is 186 Å². The van der Waals surface area contributed by atoms with Gasteiger partial charge in [-0.3, -0.25) is 0 Å². The first-order valence-corrected chi connectivity index (χ1v) is 16.6. The second-order valence-electron chi connectivity index (χ2n) is 13.7. The predicted molar refractivity (Wildman–Crippen MR) is 197 cm³/mol. The average molecular weight is 600 g/mol. The molecule has 0 amide bonds. The molecule has 1 heterocycles. The molecule has 222 valence electrons. The van der Waals surface area contributed by atoms with Crippen molar-refractivity contribution in [2.24, 2.45) is 0 Å². The minimum atomic E-state index is -0.00231. The van der Waals surface area contributed by atoms with Gasteiger partial charge < -0.3 is 4.57 Å². The zero-order chi connectivity index (χ0) is 31.3. The van der Waals surface area contributed by atoms with E-state index in [1.807, 2.05) is 0 Å². The summed E-state index contributed by atoms with van der Waals surface area (Å²) in [6.45, 7) is 4.69. The number of para-hydroxylation sites is 1. The number of fused-ring (bicyclic) bond motifs is 9. The van der Waals surface area contributed by atoms with Crippen molar-refractivity contribution < 1.29 is 0 Å². The van der Waals surface area contributed by atoms with Gasteiger partial charge in [-0.15, -0.1) is 0 Å². The van der Waals surface area contributed by atoms with Gasteiger partial charge in [0.1, 0.15) is 0 Å². The number of aromatic nitrogens is 1. The zero-order valence-electron chi connectivity index (χ0n) is 26.5. The molecule has 0 radical (unpaired) electrons. The van der Waals surface area contributed by atoms with Crippen LogP contribution in [0.25, 0.3) is 60.9 Å². The third-order valence-electron chi connectivity index (χ3n) is 10.9. The van der Waals surface area contributed by atoms with Crippen LogP contribution >= 0.6 is 0 Å². The molecule has 2 aliphatic rings. The number of hydrogen-bond acceptors (Lipinski definition) is 0. The maximum absolute atomic E-state index is 2.45. The SMILES string of the molecule is CC1(C)c2ccccc2-c2cc(-n3c4ccccc4c4cc(-c5ccc6c(c5)-c5ccccc5C6c5ccccc5)ccc43)ccc21. The van der Waals surface area contributed by atoms with Gasteiger partial charge in [-0.2, -0.15) is 0 Å². The fourth-order valence-corrected chi connectivity index (χ4v) is 8.66. The number of hydrogen-bond donors (Lipinski definition) is 0. The molecule has 0 spiro atoms. The summed E-state index contributed by atoms with van der Waals surface area (Å²) in [7, 11) is 0. The van der Waals surface area contributed by atoms with Crippen molar-refractivity contribution in [3.63, 3.8) is 0 Å². The predicted octanol–water partition coefficient (Wildman–Crippen LogP) is 11.9. The van der Waals surface area contributed by atoms with Crippen molar-refractivity contribution in [3.8, 4) is 39.1 Å². The highest BCUT2D eigenvalue weighted by Gasteiger charge is 2.35. The van der Waals surface area contributed by atoms with E-state index in [1.165, 1.54) is 88.7 Å². The first-order valence-electron chi connectivity index (χ1n) is 16.6. The van der Waals surface area contributed by atoms with Gasteiger partial charge in [-0.1, -0.05) is 135 Å². The second-order valence-corrected chi connectivity index (χ2v) is 13.7. The number of nitrogens with zero attached hydrogens (tertiary/aromatic N) is 1. The van der Waals surface area contributed by atoms with E-state index in [4.69, 9.17) is 0 Å². The van der Waals surface area contributed by atoms with E-state index < -0.39 is 0 Å². The zero-order valence-corrected chi connectivity index (χ0v) is 26.5. The third-order valence-corrected chi connectivity index (χ3v) is 10.9. The standard InChI is InChI=1S/C46H33N/c1-46(2)41-18-10-8-15-34(41)39-28-32(22-24-42(39)46)47-43-19-11-9-16-35(43)40-27-31(21-25-44(40)47)30-20-23-37-38(26-30)33-14-6-7-17-36(33)45(37)29-12-4-3-5-13-29/h3-28,45H,1-2H3. The third kappa shape index (κ3) is 3.71. The van der Waals surface area contributed by atoms with Gasteiger partial charge in [0.15, 0.2) is 0 Å². The van der Waals surface area contributed by atoms with Gasteiger partial charge in [-0.25, -0.2) is 0 Å². The van der Waals surface area contributed by atoms with Crippen LogP contribution in [0.15, 0.2) is 158 Å². The molecule has 0 saturated heterocycles. The molecule has 2 aliphatic carbocycles. The summed E-state index contributed by atoms with van der Waals surface area (Å²) in [6, 6.07) is 58.8. The normalized spacial score (nSPS) is 15.4. The molecule has 47 heavy (non-hydrogen) atoms. The van der Waals surface area contributed by atoms with E-state index in [0.29, 0.717) is 0 Å². The highest BCUT2D eigenvalue weighted by atomic mass is 15.0. The molecule has 0 N–H and O–H groups in total. The highest BCUT2D eigenvalue weighted by molar-refractivity contribution is 6.10. The second kappa shape index (κ2) is 9.67. The molecule has 10 rings (SSSR count). The lowest BCUT2D eigenvalue weighted by Crippen LogP contribution is -2.14. The lowest BCUT2D eigenvalue weighted by atomic mass is 9.82. The van der Waals surface area contributed by atoms with Crippen LogP contribution in [0.4, 0.5) is 0 Å². The Morgan fingerprint density at radius 3 is 2.00 bits per heavy atom. The minimum absolute atomic E-state index is 0.00231. The quantitative estimate of drug-likeness (QED) is 0.190. The van der Waals surface area contributed by atoms with E-state index in [-0.39, 0.29) is 11.3 Å². The molecule has 0 fully saturated rings. The molecular weight excluding hydrogens is 567 g/mol. The molecular formula is C46H33N. The van der Waals surface area contributed by atoms with Crippen molar-refractivity contribution in [2.75, 3.05) is 0 Å². The summed E-state index contributed by atoms with van der Waals surface area (Å²) >= 11 is 0. The van der Waals surface area contributed by atoms with Gasteiger partial charge >= 0.3 is 0 Å². The van der Waals surface area contributed by atoms with Crippen LogP contribution in [-0.2, 0) is 5.41 Å². The summed E-state index contributed by atoms with van der Waals surface area (Å²) in [5.74, 6) is 0.266. The monoisotopic (exact) mass is 599 g/mol. The molecule has 8 aromatic rings. The van der Waals surface area contributed by atoms with Crippen LogP contribution in [-0.4, -0.2) is 4.57 Å². The van der Waals surface area contributed by atoms with Crippen LogP contribution < -0.4 is 0 Å². The van der Waals surface area contributed by atoms with Crippen LogP contribution in [0, 0.1) is 0 Å². The summed E-state index contributed by atoms with van der Waals surface area (Å²) in [5.41, 5.74) is 18.5. The maximum atomic E-state index is 2.45. The Morgan fingerprint density at radius 2 is 1.11 bits per heavy atom. The topological polar surface area (TPSA) is 4.93 Å². The van der Waals surface area contributed by atoms with E-state index in [2.05, 4.69) is 176 Å². The molecule has 1 heteroatoms. The minimum Gasteiger partial charge on any atom is -0.309 e. The first kappa shape index (κ1) is 26.5. The Bertz CT molecular complexity index is 2550. The Morgan fingerprint density at radius 1 is 0.447 bits per heavy atom. The lowest BCUT2D eigenvalue weighted by Gasteiger charge is -2.21. The van der Waals surface area contributed by atoms with Crippen molar-refractivity contribution in [1.29, 1.82) is 0 Å². The molecule has 0 bridgehead atoms. The molecule has 0 aliphatic heterocycles. The Balaban J connectivity index is 1.13. The van der Waals surface area contributed by atoms with E-state index in [9.17, 15) is 0 Å². The molecule has 7 aromatic carbocycles.